The van der Waals surface area contributed by atoms with E-state index in [1.54, 1.807) is 7.05 Å². The Hall–Kier alpha value is -1.85. The van der Waals surface area contributed by atoms with E-state index < -0.39 is 0 Å². The second-order valence-corrected chi connectivity index (χ2v) is 5.61. The lowest BCUT2D eigenvalue weighted by Crippen LogP contribution is -2.20. The van der Waals surface area contributed by atoms with Gasteiger partial charge in [0.1, 0.15) is 0 Å². The molecular weight excluding hydrogens is 272 g/mol. The number of nitrogens with zero attached hydrogens (tertiary/aromatic N) is 2. The van der Waals surface area contributed by atoms with Gasteiger partial charge in [0.05, 0.1) is 17.5 Å². The number of aliphatic hydroxyl groups excluding tert-OH is 1. The molecule has 20 heavy (non-hydrogen) atoms. The van der Waals surface area contributed by atoms with Crippen LogP contribution in [0.5, 0.6) is 0 Å². The van der Waals surface area contributed by atoms with E-state index >= 15 is 0 Å². The fourth-order valence-corrected chi connectivity index (χ4v) is 2.92. The van der Waals surface area contributed by atoms with Gasteiger partial charge in [0.25, 0.3) is 5.56 Å². The van der Waals surface area contributed by atoms with Gasteiger partial charge in [0, 0.05) is 12.8 Å². The highest BCUT2D eigenvalue weighted by molar-refractivity contribution is 7.99. The summed E-state index contributed by atoms with van der Waals surface area (Å²) in [5.74, 6) is 0.527. The van der Waals surface area contributed by atoms with Crippen LogP contribution in [0.25, 0.3) is 21.7 Å². The van der Waals surface area contributed by atoms with Crippen molar-refractivity contribution in [2.75, 3.05) is 12.4 Å². The minimum Gasteiger partial charge on any atom is -0.396 e. The molecule has 0 aliphatic heterocycles. The summed E-state index contributed by atoms with van der Waals surface area (Å²) < 4.78 is 1.54. The summed E-state index contributed by atoms with van der Waals surface area (Å²) >= 11 is 1.38. The number of thioether (sulfide) groups is 1. The summed E-state index contributed by atoms with van der Waals surface area (Å²) in [6.07, 6.45) is 0. The molecule has 0 radical (unpaired) electrons. The van der Waals surface area contributed by atoms with Gasteiger partial charge in [-0.2, -0.15) is 0 Å². The summed E-state index contributed by atoms with van der Waals surface area (Å²) in [7, 11) is 1.71. The third-order valence-corrected chi connectivity index (χ3v) is 4.23. The van der Waals surface area contributed by atoms with Gasteiger partial charge in [-0.25, -0.2) is 4.98 Å². The molecule has 0 saturated carbocycles. The normalized spacial score (nSPS) is 11.3. The molecule has 1 heterocycles. The van der Waals surface area contributed by atoms with Crippen LogP contribution in [0.1, 0.15) is 0 Å². The fourth-order valence-electron chi connectivity index (χ4n) is 2.20. The number of aromatic nitrogens is 2. The zero-order valence-corrected chi connectivity index (χ0v) is 11.9. The van der Waals surface area contributed by atoms with Gasteiger partial charge < -0.3 is 5.11 Å². The molecule has 0 aliphatic carbocycles. The fraction of sp³-hybridized carbons (Fsp3) is 0.200. The van der Waals surface area contributed by atoms with E-state index in [0.717, 1.165) is 10.8 Å². The van der Waals surface area contributed by atoms with Crippen LogP contribution in [0.15, 0.2) is 46.3 Å². The quantitative estimate of drug-likeness (QED) is 0.455. The molecule has 5 heteroatoms. The van der Waals surface area contributed by atoms with E-state index in [1.807, 2.05) is 36.4 Å². The molecule has 0 fully saturated rings. The highest BCUT2D eigenvalue weighted by Gasteiger charge is 2.09. The standard InChI is InChI=1S/C15H14N2O2S/c1-17-14(19)12-8-10-4-2-3-5-11(10)9-13(12)16-15(17)20-7-6-18/h2-5,8-9,18H,6-7H2,1H3. The van der Waals surface area contributed by atoms with Crippen LogP contribution in [0.3, 0.4) is 0 Å². The molecule has 102 valence electrons. The SMILES string of the molecule is Cn1c(SCCO)nc2cc3ccccc3cc2c1=O. The summed E-state index contributed by atoms with van der Waals surface area (Å²) in [6.45, 7) is 0.0658. The lowest BCUT2D eigenvalue weighted by atomic mass is 10.1. The van der Waals surface area contributed by atoms with Crippen molar-refractivity contribution in [1.29, 1.82) is 0 Å². The Balaban J connectivity index is 2.29. The number of fused-ring (bicyclic) bond motifs is 2. The molecule has 0 bridgehead atoms. The largest absolute Gasteiger partial charge is 0.396 e. The number of hydrogen-bond donors (Lipinski definition) is 1. The zero-order chi connectivity index (χ0) is 14.1. The molecule has 0 unspecified atom stereocenters. The highest BCUT2D eigenvalue weighted by atomic mass is 32.2. The van der Waals surface area contributed by atoms with Crippen LogP contribution in [-0.2, 0) is 7.05 Å². The van der Waals surface area contributed by atoms with E-state index in [2.05, 4.69) is 4.98 Å². The Labute approximate surface area is 120 Å². The van der Waals surface area contributed by atoms with Crippen molar-refractivity contribution in [3.63, 3.8) is 0 Å². The molecule has 2 aromatic carbocycles. The summed E-state index contributed by atoms with van der Waals surface area (Å²) in [6, 6.07) is 11.8. The maximum atomic E-state index is 12.4. The molecule has 0 aliphatic rings. The predicted octanol–water partition coefficient (Wildman–Crippen LogP) is 2.17. The minimum atomic E-state index is -0.0545. The van der Waals surface area contributed by atoms with E-state index in [-0.39, 0.29) is 12.2 Å². The first-order valence-electron chi connectivity index (χ1n) is 6.34. The first-order chi connectivity index (χ1) is 9.70. The third-order valence-electron chi connectivity index (χ3n) is 3.22. The molecule has 1 N–H and O–H groups in total. The molecule has 0 spiro atoms. The van der Waals surface area contributed by atoms with Crippen LogP contribution in [0.2, 0.25) is 0 Å². The minimum absolute atomic E-state index is 0.0545. The smallest absolute Gasteiger partial charge is 0.261 e. The lowest BCUT2D eigenvalue weighted by molar-refractivity contribution is 0.322. The highest BCUT2D eigenvalue weighted by Crippen LogP contribution is 2.22. The van der Waals surface area contributed by atoms with Crippen molar-refractivity contribution >= 4 is 33.4 Å². The van der Waals surface area contributed by atoms with Crippen molar-refractivity contribution < 1.29 is 5.11 Å². The van der Waals surface area contributed by atoms with Crippen molar-refractivity contribution in [2.45, 2.75) is 5.16 Å². The zero-order valence-electron chi connectivity index (χ0n) is 11.0. The van der Waals surface area contributed by atoms with E-state index in [9.17, 15) is 4.79 Å². The third kappa shape index (κ3) is 2.19. The molecule has 3 rings (SSSR count). The molecule has 0 atom stereocenters. The van der Waals surface area contributed by atoms with E-state index in [4.69, 9.17) is 5.11 Å². The number of aliphatic hydroxyl groups is 1. The molecule has 4 nitrogen and oxygen atoms in total. The van der Waals surface area contributed by atoms with Crippen LogP contribution < -0.4 is 5.56 Å². The second-order valence-electron chi connectivity index (χ2n) is 4.55. The average Bonchev–Trinajstić information content (AvgIpc) is 2.48. The van der Waals surface area contributed by atoms with Gasteiger partial charge in [-0.05, 0) is 22.9 Å². The maximum absolute atomic E-state index is 12.4. The monoisotopic (exact) mass is 286 g/mol. The Morgan fingerprint density at radius 2 is 1.95 bits per heavy atom. The molecule has 0 saturated heterocycles. The number of rotatable bonds is 3. The Bertz CT molecular complexity index is 842. The summed E-state index contributed by atoms with van der Waals surface area (Å²) in [4.78, 5) is 16.9. The van der Waals surface area contributed by atoms with Crippen LogP contribution in [-0.4, -0.2) is 27.0 Å². The van der Waals surface area contributed by atoms with Gasteiger partial charge in [0.15, 0.2) is 5.16 Å². The molecule has 0 amide bonds. The van der Waals surface area contributed by atoms with Gasteiger partial charge in [0.2, 0.25) is 0 Å². The van der Waals surface area contributed by atoms with Crippen LogP contribution in [0.4, 0.5) is 0 Å². The Morgan fingerprint density at radius 1 is 1.25 bits per heavy atom. The van der Waals surface area contributed by atoms with Crippen molar-refractivity contribution in [2.24, 2.45) is 7.05 Å². The van der Waals surface area contributed by atoms with Gasteiger partial charge in [-0.3, -0.25) is 9.36 Å². The van der Waals surface area contributed by atoms with Gasteiger partial charge in [-0.1, -0.05) is 36.0 Å². The maximum Gasteiger partial charge on any atom is 0.261 e. The van der Waals surface area contributed by atoms with E-state index in [0.29, 0.717) is 21.8 Å². The van der Waals surface area contributed by atoms with E-state index in [1.165, 1.54) is 16.3 Å². The van der Waals surface area contributed by atoms with Crippen LogP contribution in [0, 0.1) is 0 Å². The van der Waals surface area contributed by atoms with Crippen molar-refractivity contribution in [1.82, 2.24) is 9.55 Å². The number of hydrogen-bond acceptors (Lipinski definition) is 4. The average molecular weight is 286 g/mol. The van der Waals surface area contributed by atoms with Crippen molar-refractivity contribution in [3.8, 4) is 0 Å². The topological polar surface area (TPSA) is 55.1 Å². The van der Waals surface area contributed by atoms with Gasteiger partial charge in [-0.15, -0.1) is 0 Å². The predicted molar refractivity (Wildman–Crippen MR) is 82.3 cm³/mol. The van der Waals surface area contributed by atoms with Gasteiger partial charge >= 0.3 is 0 Å². The Kier molecular flexibility index (Phi) is 3.46. The summed E-state index contributed by atoms with van der Waals surface area (Å²) in [5, 5.41) is 12.3. The van der Waals surface area contributed by atoms with Crippen LogP contribution >= 0.6 is 11.8 Å². The molecule has 1 aromatic heterocycles. The Morgan fingerprint density at radius 3 is 2.65 bits per heavy atom. The first kappa shape index (κ1) is 13.1. The molecule has 3 aromatic rings. The lowest BCUT2D eigenvalue weighted by Gasteiger charge is -2.09. The molecular formula is C15H14N2O2S. The van der Waals surface area contributed by atoms with Crippen molar-refractivity contribution in [3.05, 3.63) is 46.8 Å². The number of benzene rings is 2. The summed E-state index contributed by atoms with van der Waals surface area (Å²) in [5.41, 5.74) is 0.647. The second kappa shape index (κ2) is 5.26. The first-order valence-corrected chi connectivity index (χ1v) is 7.32.